The molecular weight excluding hydrogens is 254 g/mol. The second kappa shape index (κ2) is 6.37. The zero-order valence-corrected chi connectivity index (χ0v) is 11.1. The van der Waals surface area contributed by atoms with Crippen LogP contribution in [0, 0.1) is 0 Å². The molecule has 1 rings (SSSR count). The smallest absolute Gasteiger partial charge is 0.318 e. The van der Waals surface area contributed by atoms with E-state index in [-0.39, 0.29) is 0 Å². The highest BCUT2D eigenvalue weighted by Gasteiger charge is 2.19. The monoisotopic (exact) mass is 269 g/mol. The summed E-state index contributed by atoms with van der Waals surface area (Å²) < 4.78 is 0. The van der Waals surface area contributed by atoms with Gasteiger partial charge in [0.25, 0.3) is 0 Å². The summed E-state index contributed by atoms with van der Waals surface area (Å²) in [4.78, 5) is 24.0. The van der Waals surface area contributed by atoms with Gasteiger partial charge in [-0.25, -0.2) is 4.79 Å². The number of hydrogen-bond donors (Lipinski definition) is 2. The Bertz CT molecular complexity index is 451. The summed E-state index contributed by atoms with van der Waals surface area (Å²) in [6.07, 6.45) is 0. The molecule has 3 N–H and O–H groups in total. The van der Waals surface area contributed by atoms with E-state index < -0.39 is 18.0 Å². The zero-order chi connectivity index (χ0) is 13.7. The van der Waals surface area contributed by atoms with Gasteiger partial charge in [0.2, 0.25) is 5.91 Å². The van der Waals surface area contributed by atoms with Gasteiger partial charge in [-0.15, -0.1) is 0 Å². The third-order valence-electron chi connectivity index (χ3n) is 2.61. The maximum absolute atomic E-state index is 11.6. The van der Waals surface area contributed by atoms with Crippen molar-refractivity contribution in [3.05, 3.63) is 34.9 Å². The largest absolute Gasteiger partial charge is 0.351 e. The summed E-state index contributed by atoms with van der Waals surface area (Å²) in [7, 11) is 1.78. The zero-order valence-electron chi connectivity index (χ0n) is 10.3. The molecule has 0 saturated carbocycles. The minimum atomic E-state index is -0.844. The van der Waals surface area contributed by atoms with Crippen molar-refractivity contribution < 1.29 is 9.59 Å². The number of nitrogens with zero attached hydrogens (tertiary/aromatic N) is 1. The fourth-order valence-corrected chi connectivity index (χ4v) is 1.70. The van der Waals surface area contributed by atoms with Crippen LogP contribution in [0.25, 0.3) is 0 Å². The second-order valence-electron chi connectivity index (χ2n) is 4.07. The van der Waals surface area contributed by atoms with E-state index in [9.17, 15) is 9.59 Å². The number of carbonyl (C=O) groups is 2. The number of likely N-dealkylation sites (N-methyl/N-ethyl adjacent to an activating group) is 1. The average Bonchev–Trinajstić information content (AvgIpc) is 2.27. The number of carbonyl (C=O) groups excluding carboxylic acids is 2. The standard InChI is InChI=1S/C12H16ClN3O2/c1-8(11(17)15-12(14)18)16(2)7-9-4-3-5-10(13)6-9/h3-6,8H,7H2,1-2H3,(H3,14,15,17,18)/t8-/m1/s1. The number of nitrogens with two attached hydrogens (primary N) is 1. The van der Waals surface area contributed by atoms with Gasteiger partial charge in [-0.3, -0.25) is 15.0 Å². The second-order valence-corrected chi connectivity index (χ2v) is 4.51. The maximum atomic E-state index is 11.6. The normalized spacial score (nSPS) is 12.2. The summed E-state index contributed by atoms with van der Waals surface area (Å²) in [5.74, 6) is -0.424. The van der Waals surface area contributed by atoms with E-state index >= 15 is 0 Å². The van der Waals surface area contributed by atoms with Gasteiger partial charge in [-0.05, 0) is 31.7 Å². The average molecular weight is 270 g/mol. The molecule has 3 amide bonds. The summed E-state index contributed by atoms with van der Waals surface area (Å²) in [5, 5.41) is 2.70. The molecule has 0 unspecified atom stereocenters. The minimum absolute atomic E-state index is 0.424. The van der Waals surface area contributed by atoms with Crippen LogP contribution in [0.15, 0.2) is 24.3 Å². The van der Waals surface area contributed by atoms with Gasteiger partial charge >= 0.3 is 6.03 Å². The lowest BCUT2D eigenvalue weighted by atomic mass is 10.2. The van der Waals surface area contributed by atoms with Crippen LogP contribution in [-0.4, -0.2) is 29.9 Å². The molecule has 1 aromatic rings. The van der Waals surface area contributed by atoms with Gasteiger partial charge < -0.3 is 5.73 Å². The van der Waals surface area contributed by atoms with E-state index in [0.717, 1.165) is 5.56 Å². The molecule has 18 heavy (non-hydrogen) atoms. The molecule has 0 fully saturated rings. The van der Waals surface area contributed by atoms with Crippen molar-refractivity contribution >= 4 is 23.5 Å². The number of imide groups is 1. The molecule has 0 saturated heterocycles. The molecule has 0 radical (unpaired) electrons. The predicted octanol–water partition coefficient (Wildman–Crippen LogP) is 1.36. The van der Waals surface area contributed by atoms with Gasteiger partial charge in [-0.2, -0.15) is 0 Å². The highest BCUT2D eigenvalue weighted by Crippen LogP contribution is 2.13. The van der Waals surface area contributed by atoms with Crippen LogP contribution in [0.2, 0.25) is 5.02 Å². The van der Waals surface area contributed by atoms with Gasteiger partial charge in [-0.1, -0.05) is 23.7 Å². The van der Waals surface area contributed by atoms with E-state index in [1.54, 1.807) is 24.9 Å². The van der Waals surface area contributed by atoms with Crippen LogP contribution in [0.5, 0.6) is 0 Å². The quantitative estimate of drug-likeness (QED) is 0.866. The maximum Gasteiger partial charge on any atom is 0.318 e. The Morgan fingerprint density at radius 3 is 2.72 bits per heavy atom. The van der Waals surface area contributed by atoms with Gasteiger partial charge in [0.15, 0.2) is 0 Å². The Kier molecular flexibility index (Phi) is 5.12. The van der Waals surface area contributed by atoms with Crippen molar-refractivity contribution in [2.75, 3.05) is 7.05 Å². The Morgan fingerprint density at radius 2 is 2.17 bits per heavy atom. The molecule has 5 nitrogen and oxygen atoms in total. The van der Waals surface area contributed by atoms with Crippen LogP contribution in [-0.2, 0) is 11.3 Å². The van der Waals surface area contributed by atoms with Crippen molar-refractivity contribution in [1.82, 2.24) is 10.2 Å². The molecule has 1 atom stereocenters. The van der Waals surface area contributed by atoms with Gasteiger partial charge in [0, 0.05) is 11.6 Å². The highest BCUT2D eigenvalue weighted by atomic mass is 35.5. The highest BCUT2D eigenvalue weighted by molar-refractivity contribution is 6.30. The van der Waals surface area contributed by atoms with Crippen molar-refractivity contribution in [1.29, 1.82) is 0 Å². The number of nitrogens with one attached hydrogen (secondary N) is 1. The van der Waals surface area contributed by atoms with Crippen molar-refractivity contribution in [3.8, 4) is 0 Å². The number of halogens is 1. The minimum Gasteiger partial charge on any atom is -0.351 e. The molecule has 0 aromatic heterocycles. The van der Waals surface area contributed by atoms with Crippen LogP contribution >= 0.6 is 11.6 Å². The molecule has 0 bridgehead atoms. The van der Waals surface area contributed by atoms with Crippen molar-refractivity contribution in [2.24, 2.45) is 5.73 Å². The molecule has 6 heteroatoms. The van der Waals surface area contributed by atoms with Crippen molar-refractivity contribution in [3.63, 3.8) is 0 Å². The van der Waals surface area contributed by atoms with Crippen molar-refractivity contribution in [2.45, 2.75) is 19.5 Å². The third-order valence-corrected chi connectivity index (χ3v) is 2.84. The lowest BCUT2D eigenvalue weighted by Crippen LogP contribution is -2.46. The lowest BCUT2D eigenvalue weighted by molar-refractivity contribution is -0.124. The van der Waals surface area contributed by atoms with Crippen LogP contribution < -0.4 is 11.1 Å². The topological polar surface area (TPSA) is 75.4 Å². The van der Waals surface area contributed by atoms with Gasteiger partial charge in [0.1, 0.15) is 0 Å². The molecule has 0 heterocycles. The Morgan fingerprint density at radius 1 is 1.50 bits per heavy atom. The first-order valence-corrected chi connectivity index (χ1v) is 5.83. The van der Waals surface area contributed by atoms with E-state index in [2.05, 4.69) is 5.32 Å². The fraction of sp³-hybridized carbons (Fsp3) is 0.333. The van der Waals surface area contributed by atoms with E-state index in [4.69, 9.17) is 17.3 Å². The summed E-state index contributed by atoms with van der Waals surface area (Å²) in [6, 6.07) is 6.07. The summed E-state index contributed by atoms with van der Waals surface area (Å²) in [6.45, 7) is 2.25. The molecule has 0 aliphatic heterocycles. The third kappa shape index (κ3) is 4.35. The molecule has 98 valence electrons. The number of hydrogen-bond acceptors (Lipinski definition) is 3. The SMILES string of the molecule is C[C@H](C(=O)NC(N)=O)N(C)Cc1cccc(Cl)c1. The van der Waals surface area contributed by atoms with E-state index in [0.29, 0.717) is 11.6 Å². The predicted molar refractivity (Wildman–Crippen MR) is 70.1 cm³/mol. The first-order chi connectivity index (χ1) is 8.40. The summed E-state index contributed by atoms with van der Waals surface area (Å²) in [5.41, 5.74) is 5.89. The molecule has 1 aromatic carbocycles. The van der Waals surface area contributed by atoms with E-state index in [1.807, 2.05) is 18.2 Å². The molecular formula is C12H16ClN3O2. The number of primary amides is 1. The number of benzene rings is 1. The molecule has 0 aliphatic carbocycles. The fourth-order valence-electron chi connectivity index (χ4n) is 1.49. The Labute approximate surface area is 111 Å². The van der Waals surface area contributed by atoms with Crippen LogP contribution in [0.3, 0.4) is 0 Å². The molecule has 0 spiro atoms. The number of rotatable bonds is 4. The lowest BCUT2D eigenvalue weighted by Gasteiger charge is -2.23. The summed E-state index contributed by atoms with van der Waals surface area (Å²) >= 11 is 5.88. The van der Waals surface area contributed by atoms with Crippen LogP contribution in [0.4, 0.5) is 4.79 Å². The Hall–Kier alpha value is -1.59. The van der Waals surface area contributed by atoms with E-state index in [1.165, 1.54) is 0 Å². The molecule has 0 aliphatic rings. The number of amides is 3. The number of urea groups is 1. The Balaban J connectivity index is 2.62. The van der Waals surface area contributed by atoms with Gasteiger partial charge in [0.05, 0.1) is 6.04 Å². The van der Waals surface area contributed by atoms with Crippen LogP contribution in [0.1, 0.15) is 12.5 Å². The first kappa shape index (κ1) is 14.5. The first-order valence-electron chi connectivity index (χ1n) is 5.45.